The summed E-state index contributed by atoms with van der Waals surface area (Å²) in [7, 11) is 0. The number of hydrogen-bond acceptors (Lipinski definition) is 7. The molecule has 1 aromatic carbocycles. The molecule has 2 N–H and O–H groups in total. The molecule has 6 rings (SSSR count). The molecule has 0 saturated heterocycles. The van der Waals surface area contributed by atoms with Gasteiger partial charge in [0.15, 0.2) is 17.5 Å². The van der Waals surface area contributed by atoms with Crippen molar-refractivity contribution in [2.75, 3.05) is 0 Å². The number of benzene rings is 1. The lowest BCUT2D eigenvalue weighted by Gasteiger charge is -2.37. The predicted molar refractivity (Wildman–Crippen MR) is 122 cm³/mol. The van der Waals surface area contributed by atoms with E-state index in [1.54, 1.807) is 19.2 Å². The summed E-state index contributed by atoms with van der Waals surface area (Å²) < 4.78 is 28.9. The van der Waals surface area contributed by atoms with Crippen LogP contribution in [0.1, 0.15) is 68.4 Å². The lowest BCUT2D eigenvalue weighted by molar-refractivity contribution is 0.189. The molecule has 0 unspecified atom stereocenters. The molecule has 35 heavy (non-hydrogen) atoms. The summed E-state index contributed by atoms with van der Waals surface area (Å²) in [6, 6.07) is 7.44. The Kier molecular flexibility index (Phi) is 4.63. The maximum absolute atomic E-state index is 14.5. The Hall–Kier alpha value is -3.66. The third-order valence-corrected chi connectivity index (χ3v) is 7.81. The van der Waals surface area contributed by atoms with Crippen LogP contribution >= 0.6 is 0 Å². The third kappa shape index (κ3) is 2.92. The minimum absolute atomic E-state index is 0.132. The zero-order valence-corrected chi connectivity index (χ0v) is 19.4. The zero-order chi connectivity index (χ0) is 24.5. The van der Waals surface area contributed by atoms with Gasteiger partial charge in [0.1, 0.15) is 17.7 Å². The molecule has 2 aliphatic carbocycles. The number of hydrogen-bond donors (Lipinski definition) is 2. The van der Waals surface area contributed by atoms with Crippen LogP contribution in [-0.4, -0.2) is 40.5 Å². The van der Waals surface area contributed by atoms with Crippen LogP contribution in [0.5, 0.6) is 0 Å². The van der Waals surface area contributed by atoms with Crippen LogP contribution in [-0.2, 0) is 5.41 Å². The van der Waals surface area contributed by atoms with E-state index in [-0.39, 0.29) is 22.6 Å². The minimum Gasteiger partial charge on any atom is -0.385 e. The topological polar surface area (TPSA) is 113 Å². The summed E-state index contributed by atoms with van der Waals surface area (Å²) >= 11 is 0. The Morgan fingerprint density at radius 1 is 1.09 bits per heavy atom. The molecule has 8 nitrogen and oxygen atoms in total. The second kappa shape index (κ2) is 7.42. The first-order valence-electron chi connectivity index (χ1n) is 11.5. The van der Waals surface area contributed by atoms with E-state index in [0.29, 0.717) is 17.5 Å². The van der Waals surface area contributed by atoms with E-state index in [0.717, 1.165) is 29.8 Å². The van der Waals surface area contributed by atoms with Crippen LogP contribution in [0.2, 0.25) is 0 Å². The number of fused-ring (bicyclic) bond motifs is 5. The van der Waals surface area contributed by atoms with E-state index in [1.165, 1.54) is 18.2 Å². The number of aromatic nitrogens is 7. The number of aromatic amines is 1. The van der Waals surface area contributed by atoms with Gasteiger partial charge in [-0.1, -0.05) is 19.9 Å². The molecule has 3 aromatic heterocycles. The molecule has 0 radical (unpaired) electrons. The van der Waals surface area contributed by atoms with Crippen molar-refractivity contribution in [1.29, 1.82) is 0 Å². The molecule has 0 amide bonds. The van der Waals surface area contributed by atoms with Crippen molar-refractivity contribution in [2.45, 2.75) is 51.0 Å². The smallest absolute Gasteiger partial charge is 0.199 e. The molecule has 3 heterocycles. The first-order valence-corrected chi connectivity index (χ1v) is 11.5. The Morgan fingerprint density at radius 3 is 2.57 bits per heavy atom. The first-order chi connectivity index (χ1) is 16.7. The number of H-pyrrole nitrogens is 1. The Balaban J connectivity index is 1.49. The molecule has 10 heteroatoms. The van der Waals surface area contributed by atoms with E-state index < -0.39 is 23.2 Å². The fourth-order valence-electron chi connectivity index (χ4n) is 6.03. The van der Waals surface area contributed by atoms with Gasteiger partial charge < -0.3 is 10.1 Å². The number of nitrogens with one attached hydrogen (secondary N) is 1. The molecular weight excluding hydrogens is 452 g/mol. The molecule has 1 fully saturated rings. The maximum atomic E-state index is 14.5. The molecule has 1 saturated carbocycles. The highest BCUT2D eigenvalue weighted by Crippen LogP contribution is 2.69. The summed E-state index contributed by atoms with van der Waals surface area (Å²) in [6.45, 7) is 5.95. The van der Waals surface area contributed by atoms with E-state index in [4.69, 9.17) is 4.98 Å². The van der Waals surface area contributed by atoms with Gasteiger partial charge in [0.2, 0.25) is 0 Å². The summed E-state index contributed by atoms with van der Waals surface area (Å²) in [6.07, 6.45) is 2.58. The van der Waals surface area contributed by atoms with E-state index >= 15 is 0 Å². The van der Waals surface area contributed by atoms with Gasteiger partial charge >= 0.3 is 0 Å². The van der Waals surface area contributed by atoms with Crippen molar-refractivity contribution >= 4 is 0 Å². The van der Waals surface area contributed by atoms with Gasteiger partial charge in [0.05, 0.1) is 28.1 Å². The molecule has 178 valence electrons. The molecule has 3 atom stereocenters. The number of aliphatic hydroxyl groups is 1. The van der Waals surface area contributed by atoms with Crippen molar-refractivity contribution in [1.82, 2.24) is 35.3 Å². The second-order valence-electron chi connectivity index (χ2n) is 9.85. The molecule has 0 spiro atoms. The number of halogens is 2. The van der Waals surface area contributed by atoms with E-state index in [9.17, 15) is 13.9 Å². The quantitative estimate of drug-likeness (QED) is 0.454. The van der Waals surface area contributed by atoms with Crippen LogP contribution in [0.15, 0.2) is 36.5 Å². The van der Waals surface area contributed by atoms with Gasteiger partial charge in [-0.25, -0.2) is 18.7 Å². The predicted octanol–water partition coefficient (Wildman–Crippen LogP) is 4.25. The third-order valence-electron chi connectivity index (χ3n) is 7.81. The standard InChI is InChI=1S/C25H23F2N7O/c1-12(35)21-30-23(34-33-21)22-28-10-8-18(29-22)25-9-7-14(24(25,2)3)13-11-17(31-32-20(13)25)19-15(26)5-4-6-16(19)27/h4-6,8,10-12,14,35H,7,9H2,1-3H3,(H,30,33,34)/t12-,14+,25-/m1/s1. The van der Waals surface area contributed by atoms with Crippen molar-refractivity contribution in [3.8, 4) is 22.9 Å². The fourth-order valence-corrected chi connectivity index (χ4v) is 6.03. The second-order valence-corrected chi connectivity index (χ2v) is 9.85. The van der Waals surface area contributed by atoms with Gasteiger partial charge in [-0.05, 0) is 60.9 Å². The summed E-state index contributed by atoms with van der Waals surface area (Å²) in [4.78, 5) is 12.2. The maximum Gasteiger partial charge on any atom is 0.199 e. The molecule has 0 aliphatic heterocycles. The van der Waals surface area contributed by atoms with Gasteiger partial charge in [-0.2, -0.15) is 5.10 Å². The molecule has 4 aromatic rings. The molecule has 2 aliphatic rings. The Labute approximate surface area is 199 Å². The van der Waals surface area contributed by atoms with Crippen molar-refractivity contribution < 1.29 is 13.9 Å². The normalized spacial score (nSPS) is 22.9. The average Bonchev–Trinajstić information content (AvgIpc) is 3.48. The van der Waals surface area contributed by atoms with E-state index in [2.05, 4.69) is 44.2 Å². The van der Waals surface area contributed by atoms with Crippen molar-refractivity contribution in [3.63, 3.8) is 0 Å². The SMILES string of the molecule is C[C@@H](O)c1nnc(-c2nccc([C@]34CC[C@@H](c5cc(-c6c(F)cccc6F)nnc53)C4(C)C)n2)[nH]1. The zero-order valence-electron chi connectivity index (χ0n) is 19.4. The largest absolute Gasteiger partial charge is 0.385 e. The van der Waals surface area contributed by atoms with Crippen LogP contribution in [0.25, 0.3) is 22.9 Å². The lowest BCUT2D eigenvalue weighted by Crippen LogP contribution is -2.38. The van der Waals surface area contributed by atoms with Crippen LogP contribution in [0.3, 0.4) is 0 Å². The van der Waals surface area contributed by atoms with E-state index in [1.807, 2.05) is 6.07 Å². The number of aliphatic hydroxyl groups excluding tert-OH is 1. The highest BCUT2D eigenvalue weighted by Gasteiger charge is 2.65. The summed E-state index contributed by atoms with van der Waals surface area (Å²) in [5.74, 6) is -0.144. The van der Waals surface area contributed by atoms with Gasteiger partial charge in [-0.15, -0.1) is 15.3 Å². The summed E-state index contributed by atoms with van der Waals surface area (Å²) in [5.41, 5.74) is 1.72. The molecule has 2 bridgehead atoms. The van der Waals surface area contributed by atoms with Crippen LogP contribution < -0.4 is 0 Å². The minimum atomic E-state index is -0.794. The van der Waals surface area contributed by atoms with Crippen LogP contribution in [0.4, 0.5) is 8.78 Å². The monoisotopic (exact) mass is 475 g/mol. The summed E-state index contributed by atoms with van der Waals surface area (Å²) in [5, 5.41) is 26.7. The van der Waals surface area contributed by atoms with Crippen molar-refractivity contribution in [3.05, 3.63) is 70.9 Å². The fraction of sp³-hybridized carbons (Fsp3) is 0.360. The molecular formula is C25H23F2N7O. The Bertz CT molecular complexity index is 1450. The highest BCUT2D eigenvalue weighted by molar-refractivity contribution is 5.64. The highest BCUT2D eigenvalue weighted by atomic mass is 19.1. The lowest BCUT2D eigenvalue weighted by atomic mass is 9.66. The number of nitrogens with zero attached hydrogens (tertiary/aromatic N) is 6. The Morgan fingerprint density at radius 2 is 1.86 bits per heavy atom. The first kappa shape index (κ1) is 21.8. The number of rotatable bonds is 4. The van der Waals surface area contributed by atoms with Gasteiger partial charge in [0, 0.05) is 6.20 Å². The average molecular weight is 476 g/mol. The van der Waals surface area contributed by atoms with Crippen LogP contribution in [0, 0.1) is 17.0 Å². The van der Waals surface area contributed by atoms with Gasteiger partial charge in [0.25, 0.3) is 0 Å². The van der Waals surface area contributed by atoms with Gasteiger partial charge in [-0.3, -0.25) is 0 Å². The van der Waals surface area contributed by atoms with Crippen molar-refractivity contribution in [2.24, 2.45) is 5.41 Å².